The fourth-order valence-electron chi connectivity index (χ4n) is 6.12. The highest BCUT2D eigenvalue weighted by atomic mass is 28.3. The lowest BCUT2D eigenvalue weighted by atomic mass is 9.72. The number of ether oxygens (including phenoxy) is 1. The second-order valence-corrected chi connectivity index (χ2v) is 13.5. The Morgan fingerprint density at radius 2 is 1.45 bits per heavy atom. The van der Waals surface area contributed by atoms with E-state index in [0.29, 0.717) is 11.5 Å². The Morgan fingerprint density at radius 1 is 0.848 bits per heavy atom. The smallest absolute Gasteiger partial charge is 0.403 e. The van der Waals surface area contributed by atoms with Crippen molar-refractivity contribution in [3.8, 4) is 16.9 Å². The molecule has 2 aromatic carbocycles. The average molecular weight is 479 g/mol. The lowest BCUT2D eigenvalue weighted by Crippen LogP contribution is -2.28. The first-order chi connectivity index (χ1) is 15.8. The molecule has 2 fully saturated rings. The third kappa shape index (κ3) is 6.40. The van der Waals surface area contributed by atoms with Crippen LogP contribution in [0.3, 0.4) is 0 Å². The molecule has 180 valence electrons. The Hall–Kier alpha value is -1.82. The maximum Gasteiger partial charge on any atom is 0.573 e. The summed E-state index contributed by atoms with van der Waals surface area (Å²) in [6.45, 7) is 2.33. The number of hydrogen-bond donors (Lipinski definition) is 0. The Bertz CT molecular complexity index is 895. The van der Waals surface area contributed by atoms with Crippen LogP contribution in [-0.4, -0.2) is 15.2 Å². The van der Waals surface area contributed by atoms with E-state index >= 15 is 0 Å². The van der Waals surface area contributed by atoms with Crippen LogP contribution in [0.25, 0.3) is 11.1 Å². The second-order valence-electron chi connectivity index (χ2n) is 10.00. The maximum atomic E-state index is 14.1. The zero-order valence-electron chi connectivity index (χ0n) is 19.3. The van der Waals surface area contributed by atoms with Crippen LogP contribution in [0.4, 0.5) is 17.6 Å². The van der Waals surface area contributed by atoms with Gasteiger partial charge >= 0.3 is 6.36 Å². The molecule has 0 radical (unpaired) electrons. The molecule has 0 atom stereocenters. The number of halogens is 4. The fourth-order valence-corrected chi connectivity index (χ4v) is 9.60. The van der Waals surface area contributed by atoms with Gasteiger partial charge in [0.25, 0.3) is 0 Å². The van der Waals surface area contributed by atoms with E-state index < -0.39 is 26.7 Å². The van der Waals surface area contributed by atoms with Gasteiger partial charge in [-0.05, 0) is 72.3 Å². The first-order valence-electron chi connectivity index (χ1n) is 12.5. The van der Waals surface area contributed by atoms with Crippen LogP contribution >= 0.6 is 0 Å². The molecule has 0 aromatic heterocycles. The molecule has 2 aliphatic rings. The highest BCUT2D eigenvalue weighted by Gasteiger charge is 2.33. The summed E-state index contributed by atoms with van der Waals surface area (Å²) in [5.74, 6) is 0.602. The van der Waals surface area contributed by atoms with Crippen LogP contribution in [0.15, 0.2) is 42.5 Å². The summed E-state index contributed by atoms with van der Waals surface area (Å²) in [7, 11) is -0.408. The van der Waals surface area contributed by atoms with Gasteiger partial charge in [-0.3, -0.25) is 0 Å². The highest BCUT2D eigenvalue weighted by molar-refractivity contribution is 6.58. The Balaban J connectivity index is 1.32. The van der Waals surface area contributed by atoms with E-state index in [1.54, 1.807) is 12.1 Å². The third-order valence-electron chi connectivity index (χ3n) is 7.90. The van der Waals surface area contributed by atoms with Crippen molar-refractivity contribution in [3.05, 3.63) is 53.8 Å². The van der Waals surface area contributed by atoms with E-state index in [0.717, 1.165) is 29.5 Å². The van der Waals surface area contributed by atoms with Crippen LogP contribution in [0.2, 0.25) is 18.1 Å². The minimum Gasteiger partial charge on any atom is -0.403 e. The normalized spacial score (nSPS) is 26.2. The SMILES string of the molecule is CCC[SiH]1CCC(C2CCC(c3ccc(-c4ccc(OC(F)(F)F)c(F)c4)cc3)CC2)CC1. The quantitative estimate of drug-likeness (QED) is 0.298. The van der Waals surface area contributed by atoms with Gasteiger partial charge in [-0.25, -0.2) is 4.39 Å². The molecular formula is C27H34F4OSi. The van der Waals surface area contributed by atoms with E-state index in [1.807, 2.05) is 12.1 Å². The van der Waals surface area contributed by atoms with Crippen molar-refractivity contribution in [3.63, 3.8) is 0 Å². The van der Waals surface area contributed by atoms with Gasteiger partial charge in [0.1, 0.15) is 0 Å². The molecule has 1 heterocycles. The summed E-state index contributed by atoms with van der Waals surface area (Å²) in [6, 6.07) is 16.3. The second kappa shape index (κ2) is 10.6. The number of alkyl halides is 3. The number of hydrogen-bond acceptors (Lipinski definition) is 1. The Labute approximate surface area is 196 Å². The van der Waals surface area contributed by atoms with Gasteiger partial charge < -0.3 is 4.74 Å². The molecule has 1 saturated carbocycles. The van der Waals surface area contributed by atoms with Crippen LogP contribution < -0.4 is 4.74 Å². The van der Waals surface area contributed by atoms with Crippen molar-refractivity contribution in [1.82, 2.24) is 0 Å². The van der Waals surface area contributed by atoms with Crippen molar-refractivity contribution in [1.29, 1.82) is 0 Å². The molecule has 0 bridgehead atoms. The number of rotatable bonds is 6. The molecule has 1 aliphatic heterocycles. The summed E-state index contributed by atoms with van der Waals surface area (Å²) in [4.78, 5) is 0. The predicted molar refractivity (Wildman–Crippen MR) is 128 cm³/mol. The third-order valence-corrected chi connectivity index (χ3v) is 11.6. The molecule has 2 aromatic rings. The zero-order chi connectivity index (χ0) is 23.4. The molecule has 4 rings (SSSR count). The standard InChI is InChI=1S/C27H34F4OSi/c1-2-15-33-16-13-23(14-17-33)21-5-3-19(4-6-21)20-7-9-22(10-8-20)24-11-12-26(25(28)18-24)32-27(29,30)31/h7-12,18-19,21,23,33H,2-6,13-17H2,1H3. The predicted octanol–water partition coefficient (Wildman–Crippen LogP) is 8.71. The molecule has 1 aliphatic carbocycles. The summed E-state index contributed by atoms with van der Waals surface area (Å²) in [5.41, 5.74) is 2.64. The van der Waals surface area contributed by atoms with Crippen molar-refractivity contribution in [2.45, 2.75) is 82.3 Å². The summed E-state index contributed by atoms with van der Waals surface area (Å²) < 4.78 is 54.8. The molecule has 0 spiro atoms. The van der Waals surface area contributed by atoms with Crippen LogP contribution in [0, 0.1) is 17.7 Å². The lowest BCUT2D eigenvalue weighted by Gasteiger charge is -2.37. The molecule has 0 N–H and O–H groups in total. The lowest BCUT2D eigenvalue weighted by molar-refractivity contribution is -0.275. The van der Waals surface area contributed by atoms with Crippen molar-refractivity contribution in [2.24, 2.45) is 11.8 Å². The van der Waals surface area contributed by atoms with Crippen LogP contribution in [0.5, 0.6) is 5.75 Å². The van der Waals surface area contributed by atoms with E-state index in [1.165, 1.54) is 62.6 Å². The van der Waals surface area contributed by atoms with Crippen molar-refractivity contribution in [2.75, 3.05) is 0 Å². The van der Waals surface area contributed by atoms with E-state index in [9.17, 15) is 17.6 Å². The monoisotopic (exact) mass is 478 g/mol. The van der Waals surface area contributed by atoms with E-state index in [4.69, 9.17) is 0 Å². The number of benzene rings is 2. The van der Waals surface area contributed by atoms with Crippen LogP contribution in [0.1, 0.15) is 63.4 Å². The topological polar surface area (TPSA) is 9.23 Å². The Kier molecular flexibility index (Phi) is 7.82. The first kappa shape index (κ1) is 24.3. The fraction of sp³-hybridized carbons (Fsp3) is 0.556. The largest absolute Gasteiger partial charge is 0.573 e. The van der Waals surface area contributed by atoms with Gasteiger partial charge in [-0.15, -0.1) is 13.2 Å². The van der Waals surface area contributed by atoms with Crippen LogP contribution in [-0.2, 0) is 0 Å². The van der Waals surface area contributed by atoms with Gasteiger partial charge in [-0.1, -0.05) is 74.7 Å². The zero-order valence-corrected chi connectivity index (χ0v) is 20.5. The molecule has 6 heteroatoms. The molecule has 1 saturated heterocycles. The van der Waals surface area contributed by atoms with Gasteiger partial charge in [0.05, 0.1) is 0 Å². The molecule has 0 unspecified atom stereocenters. The summed E-state index contributed by atoms with van der Waals surface area (Å²) >= 11 is 0. The van der Waals surface area contributed by atoms with Gasteiger partial charge in [-0.2, -0.15) is 0 Å². The van der Waals surface area contributed by atoms with E-state index in [-0.39, 0.29) is 0 Å². The van der Waals surface area contributed by atoms with Gasteiger partial charge in [0.2, 0.25) is 0 Å². The summed E-state index contributed by atoms with van der Waals surface area (Å²) in [6.07, 6.45) is 4.53. The molecular weight excluding hydrogens is 444 g/mol. The van der Waals surface area contributed by atoms with E-state index in [2.05, 4.69) is 23.8 Å². The Morgan fingerprint density at radius 3 is 2.03 bits per heavy atom. The van der Waals surface area contributed by atoms with Gasteiger partial charge in [0, 0.05) is 8.80 Å². The maximum absolute atomic E-state index is 14.1. The molecule has 1 nitrogen and oxygen atoms in total. The molecule has 0 amide bonds. The minimum absolute atomic E-state index is 0.408. The molecule has 33 heavy (non-hydrogen) atoms. The minimum atomic E-state index is -4.90. The van der Waals surface area contributed by atoms with Crippen molar-refractivity contribution >= 4 is 8.80 Å². The summed E-state index contributed by atoms with van der Waals surface area (Å²) in [5, 5.41) is 0. The average Bonchev–Trinajstić information content (AvgIpc) is 2.81. The first-order valence-corrected chi connectivity index (χ1v) is 14.9. The van der Waals surface area contributed by atoms with Gasteiger partial charge in [0.15, 0.2) is 11.6 Å². The van der Waals surface area contributed by atoms with Crippen molar-refractivity contribution < 1.29 is 22.3 Å². The highest BCUT2D eigenvalue weighted by Crippen LogP contribution is 2.44.